The van der Waals surface area contributed by atoms with Gasteiger partial charge in [-0.1, -0.05) is 37.6 Å². The quantitative estimate of drug-likeness (QED) is 0.546. The Kier molecular flexibility index (Phi) is 7.63. The van der Waals surface area contributed by atoms with Crippen LogP contribution < -0.4 is 15.8 Å². The van der Waals surface area contributed by atoms with E-state index in [4.69, 9.17) is 10.5 Å². The van der Waals surface area contributed by atoms with Gasteiger partial charge in [-0.05, 0) is 18.6 Å². The molecule has 2 heterocycles. The van der Waals surface area contributed by atoms with Gasteiger partial charge in [0.25, 0.3) is 0 Å². The van der Waals surface area contributed by atoms with Gasteiger partial charge in [0, 0.05) is 5.39 Å². The number of ether oxygens (including phenoxy) is 1. The number of nitrogens with two attached hydrogens (primary N) is 1. The average molecular weight is 388 g/mol. The highest BCUT2D eigenvalue weighted by Gasteiger charge is 2.13. The molecule has 0 bridgehead atoms. The Morgan fingerprint density at radius 1 is 1.19 bits per heavy atom. The van der Waals surface area contributed by atoms with Crippen LogP contribution >= 0.6 is 13.5 Å². The van der Waals surface area contributed by atoms with E-state index in [2.05, 4.69) is 27.2 Å². The molecule has 1 aromatic carbocycles. The molecule has 2 aromatic heterocycles. The lowest BCUT2D eigenvalue weighted by Crippen LogP contribution is -2.24. The highest BCUT2D eigenvalue weighted by atomic mass is 32.1. The predicted molar refractivity (Wildman–Crippen MR) is 112 cm³/mol. The molecule has 0 amide bonds. The monoisotopic (exact) mass is 387 g/mol. The number of nitrogens with one attached hydrogen (secondary N) is 1. The molecule has 0 aliphatic rings. The van der Waals surface area contributed by atoms with E-state index in [1.807, 2.05) is 36.4 Å². The van der Waals surface area contributed by atoms with Crippen molar-refractivity contribution in [2.45, 2.75) is 32.4 Å². The molecule has 7 nitrogen and oxygen atoms in total. The first-order valence-corrected chi connectivity index (χ1v) is 8.67. The van der Waals surface area contributed by atoms with Gasteiger partial charge < -0.3 is 20.9 Å². The second-order valence-electron chi connectivity index (χ2n) is 6.04. The first-order chi connectivity index (χ1) is 12.7. The molecular formula is C19H25N5O2S. The van der Waals surface area contributed by atoms with Gasteiger partial charge in [-0.2, -0.15) is 18.5 Å². The van der Waals surface area contributed by atoms with E-state index in [0.717, 1.165) is 29.4 Å². The van der Waals surface area contributed by atoms with Crippen molar-refractivity contribution >= 4 is 36.2 Å². The van der Waals surface area contributed by atoms with Gasteiger partial charge in [-0.3, -0.25) is 0 Å². The van der Waals surface area contributed by atoms with Crippen LogP contribution in [0.25, 0.3) is 10.9 Å². The first-order valence-electron chi connectivity index (χ1n) is 8.67. The lowest BCUT2D eigenvalue weighted by atomic mass is 10.2. The minimum atomic E-state index is -0.115. The molecule has 0 aliphatic carbocycles. The summed E-state index contributed by atoms with van der Waals surface area (Å²) in [6.07, 6.45) is 3.29. The van der Waals surface area contributed by atoms with Crippen LogP contribution in [0.2, 0.25) is 0 Å². The molecule has 0 unspecified atom stereocenters. The molecule has 3 rings (SSSR count). The highest BCUT2D eigenvalue weighted by Crippen LogP contribution is 2.24. The van der Waals surface area contributed by atoms with E-state index < -0.39 is 0 Å². The fourth-order valence-corrected chi connectivity index (χ4v) is 2.68. The average Bonchev–Trinajstić information content (AvgIpc) is 2.67. The van der Waals surface area contributed by atoms with Gasteiger partial charge >= 0.3 is 0 Å². The lowest BCUT2D eigenvalue weighted by molar-refractivity contribution is 0.266. The van der Waals surface area contributed by atoms with E-state index in [1.165, 1.54) is 6.20 Å². The minimum absolute atomic E-state index is 0. The van der Waals surface area contributed by atoms with Crippen LogP contribution in [0.5, 0.6) is 5.75 Å². The Morgan fingerprint density at radius 2 is 2.00 bits per heavy atom. The number of rotatable bonds is 8. The van der Waals surface area contributed by atoms with Crippen molar-refractivity contribution in [2.75, 3.05) is 17.7 Å². The van der Waals surface area contributed by atoms with Crippen LogP contribution in [-0.2, 0) is 6.61 Å². The van der Waals surface area contributed by atoms with Crippen LogP contribution in [0.1, 0.15) is 25.5 Å². The standard InChI is InChI=1S/C19H23N5O2.H2S/c1-2-5-14(11-25)23-18-17(10-21-19(20)24-18)26-12-15-9-8-13-6-3-4-7-16(13)22-15;/h3-4,6-10,14,25H,2,5,11-12H2,1H3,(H3,20,21,23,24);1H2/t14-;/m0./s1. The summed E-state index contributed by atoms with van der Waals surface area (Å²) in [6, 6.07) is 11.8. The number of hydrogen-bond donors (Lipinski definition) is 3. The molecule has 8 heteroatoms. The number of fused-ring (bicyclic) bond motifs is 1. The summed E-state index contributed by atoms with van der Waals surface area (Å²) in [5.74, 6) is 1.10. The van der Waals surface area contributed by atoms with Crippen molar-refractivity contribution in [2.24, 2.45) is 0 Å². The highest BCUT2D eigenvalue weighted by molar-refractivity contribution is 7.59. The topological polar surface area (TPSA) is 106 Å². The van der Waals surface area contributed by atoms with E-state index in [1.54, 1.807) is 0 Å². The van der Waals surface area contributed by atoms with Gasteiger partial charge in [-0.15, -0.1) is 0 Å². The fraction of sp³-hybridized carbons (Fsp3) is 0.316. The molecule has 27 heavy (non-hydrogen) atoms. The summed E-state index contributed by atoms with van der Waals surface area (Å²) in [6.45, 7) is 2.34. The van der Waals surface area contributed by atoms with Gasteiger partial charge in [-0.25, -0.2) is 9.97 Å². The van der Waals surface area contributed by atoms with Gasteiger partial charge in [0.15, 0.2) is 11.6 Å². The SMILES string of the molecule is CCC[C@@H](CO)Nc1nc(N)ncc1OCc1ccc2ccccc2n1.S. The molecule has 0 radical (unpaired) electrons. The normalized spacial score (nSPS) is 11.6. The number of aromatic nitrogens is 3. The third kappa shape index (κ3) is 5.45. The van der Waals surface area contributed by atoms with Gasteiger partial charge in [0.2, 0.25) is 5.95 Å². The third-order valence-corrected chi connectivity index (χ3v) is 4.00. The van der Waals surface area contributed by atoms with Crippen molar-refractivity contribution in [1.82, 2.24) is 15.0 Å². The molecule has 0 saturated heterocycles. The van der Waals surface area contributed by atoms with Crippen LogP contribution in [0, 0.1) is 0 Å². The van der Waals surface area contributed by atoms with Gasteiger partial charge in [0.1, 0.15) is 6.61 Å². The largest absolute Gasteiger partial charge is 0.482 e. The van der Waals surface area contributed by atoms with Gasteiger partial charge in [0.05, 0.1) is 30.1 Å². The maximum Gasteiger partial charge on any atom is 0.222 e. The molecule has 0 aliphatic heterocycles. The Balaban J connectivity index is 0.00000261. The maximum atomic E-state index is 9.50. The summed E-state index contributed by atoms with van der Waals surface area (Å²) in [5.41, 5.74) is 7.42. The summed E-state index contributed by atoms with van der Waals surface area (Å²) < 4.78 is 5.86. The van der Waals surface area contributed by atoms with Crippen molar-refractivity contribution in [3.05, 3.63) is 48.3 Å². The summed E-state index contributed by atoms with van der Waals surface area (Å²) in [7, 11) is 0. The molecule has 0 fully saturated rings. The second-order valence-corrected chi connectivity index (χ2v) is 6.04. The Hall–Kier alpha value is -2.58. The summed E-state index contributed by atoms with van der Waals surface area (Å²) in [4.78, 5) is 12.8. The van der Waals surface area contributed by atoms with Crippen molar-refractivity contribution in [1.29, 1.82) is 0 Å². The zero-order chi connectivity index (χ0) is 18.4. The Morgan fingerprint density at radius 3 is 2.78 bits per heavy atom. The zero-order valence-electron chi connectivity index (χ0n) is 15.2. The van der Waals surface area contributed by atoms with Crippen molar-refractivity contribution in [3.8, 4) is 5.75 Å². The van der Waals surface area contributed by atoms with Crippen LogP contribution in [0.15, 0.2) is 42.6 Å². The number of benzene rings is 1. The number of aliphatic hydroxyl groups excluding tert-OH is 1. The Bertz CT molecular complexity index is 878. The van der Waals surface area contributed by atoms with Crippen LogP contribution in [0.4, 0.5) is 11.8 Å². The fourth-order valence-electron chi connectivity index (χ4n) is 2.68. The zero-order valence-corrected chi connectivity index (χ0v) is 16.2. The van der Waals surface area contributed by atoms with Crippen molar-refractivity contribution < 1.29 is 9.84 Å². The molecule has 0 saturated carbocycles. The predicted octanol–water partition coefficient (Wildman–Crippen LogP) is 2.87. The van der Waals surface area contributed by atoms with Crippen LogP contribution in [-0.4, -0.2) is 32.7 Å². The number of para-hydroxylation sites is 1. The number of aliphatic hydroxyl groups is 1. The summed E-state index contributed by atoms with van der Waals surface area (Å²) in [5, 5.41) is 13.8. The van der Waals surface area contributed by atoms with Crippen LogP contribution in [0.3, 0.4) is 0 Å². The molecule has 1 atom stereocenters. The first kappa shape index (κ1) is 20.7. The molecular weight excluding hydrogens is 362 g/mol. The van der Waals surface area contributed by atoms with E-state index >= 15 is 0 Å². The minimum Gasteiger partial charge on any atom is -0.482 e. The lowest BCUT2D eigenvalue weighted by Gasteiger charge is -2.18. The molecule has 0 spiro atoms. The van der Waals surface area contributed by atoms with E-state index in [0.29, 0.717) is 11.6 Å². The third-order valence-electron chi connectivity index (χ3n) is 4.00. The molecule has 4 N–H and O–H groups in total. The Labute approximate surface area is 165 Å². The number of pyridine rings is 1. The number of nitrogens with zero attached hydrogens (tertiary/aromatic N) is 3. The van der Waals surface area contributed by atoms with Crippen molar-refractivity contribution in [3.63, 3.8) is 0 Å². The number of nitrogen functional groups attached to an aromatic ring is 1. The summed E-state index contributed by atoms with van der Waals surface area (Å²) >= 11 is 0. The smallest absolute Gasteiger partial charge is 0.222 e. The number of anilines is 2. The molecule has 144 valence electrons. The number of hydrogen-bond acceptors (Lipinski definition) is 7. The second kappa shape index (κ2) is 9.94. The van der Waals surface area contributed by atoms with E-state index in [-0.39, 0.29) is 38.7 Å². The van der Waals surface area contributed by atoms with E-state index in [9.17, 15) is 5.11 Å². The maximum absolute atomic E-state index is 9.50. The molecule has 3 aromatic rings.